The Hall–Kier alpha value is -1.32. The van der Waals surface area contributed by atoms with Crippen molar-refractivity contribution in [1.82, 2.24) is 0 Å². The first kappa shape index (κ1) is 13.7. The predicted molar refractivity (Wildman–Crippen MR) is 72.8 cm³/mol. The fraction of sp³-hybridized carbons (Fsp3) is 0.750. The van der Waals surface area contributed by atoms with E-state index in [1.807, 2.05) is 0 Å². The van der Waals surface area contributed by atoms with Crippen molar-refractivity contribution in [3.05, 3.63) is 11.3 Å². The monoisotopic (exact) mass is 278 g/mol. The minimum atomic E-state index is -0.923. The summed E-state index contributed by atoms with van der Waals surface area (Å²) in [6.07, 6.45) is 4.78. The molecule has 0 saturated heterocycles. The summed E-state index contributed by atoms with van der Waals surface area (Å²) in [4.78, 5) is 24.8. The lowest BCUT2D eigenvalue weighted by Crippen LogP contribution is -2.48. The van der Waals surface area contributed by atoms with Gasteiger partial charge in [0.05, 0.1) is 7.11 Å². The van der Waals surface area contributed by atoms with Crippen molar-refractivity contribution in [1.29, 1.82) is 0 Å². The molecule has 0 bridgehead atoms. The van der Waals surface area contributed by atoms with Crippen LogP contribution < -0.4 is 0 Å². The molecule has 2 atom stereocenters. The van der Waals surface area contributed by atoms with Gasteiger partial charge >= 0.3 is 5.97 Å². The molecule has 3 aliphatic rings. The highest BCUT2D eigenvalue weighted by molar-refractivity contribution is 6.00. The van der Waals surface area contributed by atoms with Crippen LogP contribution in [0.3, 0.4) is 0 Å². The molecule has 0 aromatic rings. The minimum Gasteiger partial charge on any atom is -0.479 e. The van der Waals surface area contributed by atoms with Gasteiger partial charge in [0.15, 0.2) is 5.78 Å². The first-order chi connectivity index (χ1) is 9.39. The second-order valence-corrected chi connectivity index (χ2v) is 7.06. The van der Waals surface area contributed by atoms with E-state index in [0.29, 0.717) is 12.8 Å². The van der Waals surface area contributed by atoms with E-state index in [2.05, 4.69) is 13.8 Å². The third-order valence-corrected chi connectivity index (χ3v) is 4.92. The normalized spacial score (nSPS) is 35.1. The zero-order chi connectivity index (χ0) is 14.5. The van der Waals surface area contributed by atoms with Gasteiger partial charge in [0.2, 0.25) is 5.60 Å². The zero-order valence-electron chi connectivity index (χ0n) is 12.5. The number of Topliss-reactive ketones (excluding diaryl/α,β-unsaturated/α-hetero) is 1. The number of allylic oxidation sites excluding steroid dienone is 1. The molecule has 1 heterocycles. The molecule has 4 heteroatoms. The van der Waals surface area contributed by atoms with Crippen molar-refractivity contribution in [3.8, 4) is 0 Å². The molecule has 0 spiro atoms. The number of esters is 1. The number of carbonyl (C=O) groups excluding carboxylic acids is 2. The molecule has 4 nitrogen and oxygen atoms in total. The maximum absolute atomic E-state index is 12.5. The van der Waals surface area contributed by atoms with Crippen molar-refractivity contribution in [2.24, 2.45) is 11.3 Å². The van der Waals surface area contributed by atoms with E-state index in [-0.39, 0.29) is 23.1 Å². The van der Waals surface area contributed by atoms with Crippen molar-refractivity contribution < 1.29 is 19.1 Å². The number of ketones is 1. The number of rotatable bonds is 1. The molecule has 0 aromatic heterocycles. The Balaban J connectivity index is 2.02. The first-order valence-corrected chi connectivity index (χ1v) is 7.43. The van der Waals surface area contributed by atoms with Gasteiger partial charge in [0, 0.05) is 24.3 Å². The second kappa shape index (κ2) is 4.34. The number of hydrogen-bond acceptors (Lipinski definition) is 4. The maximum Gasteiger partial charge on any atom is 0.350 e. The fourth-order valence-electron chi connectivity index (χ4n) is 4.08. The van der Waals surface area contributed by atoms with E-state index >= 15 is 0 Å². The lowest BCUT2D eigenvalue weighted by Gasteiger charge is -2.36. The molecule has 20 heavy (non-hydrogen) atoms. The number of hydrogen-bond donors (Lipinski definition) is 0. The number of carbonyl (C=O) groups is 2. The van der Waals surface area contributed by atoms with Crippen LogP contribution in [0.15, 0.2) is 11.3 Å². The van der Waals surface area contributed by atoms with Crippen LogP contribution in [-0.2, 0) is 19.1 Å². The molecule has 0 N–H and O–H groups in total. The fourth-order valence-corrected chi connectivity index (χ4v) is 4.08. The summed E-state index contributed by atoms with van der Waals surface area (Å²) in [7, 11) is 1.40. The Bertz CT molecular complexity index is 503. The van der Waals surface area contributed by atoms with Gasteiger partial charge in [-0.1, -0.05) is 20.3 Å². The standard InChI is InChI=1S/C16H22O4/c1-15(2)8-11(17)13-10-6-4-5-7-16(10,14(18)19-3)20-12(13)9-15/h10H,4-9H2,1-3H3/t10-,16-/m0/s1. The largest absolute Gasteiger partial charge is 0.479 e. The van der Waals surface area contributed by atoms with E-state index in [9.17, 15) is 9.59 Å². The van der Waals surface area contributed by atoms with Crippen LogP contribution in [0.25, 0.3) is 0 Å². The molecule has 0 radical (unpaired) electrons. The highest BCUT2D eigenvalue weighted by Crippen LogP contribution is 2.54. The summed E-state index contributed by atoms with van der Waals surface area (Å²) in [6.45, 7) is 4.15. The van der Waals surface area contributed by atoms with Crippen LogP contribution in [0, 0.1) is 11.3 Å². The Labute approximate surface area is 119 Å². The lowest BCUT2D eigenvalue weighted by molar-refractivity contribution is -0.170. The van der Waals surface area contributed by atoms with Gasteiger partial charge in [-0.3, -0.25) is 4.79 Å². The number of methoxy groups -OCH3 is 1. The molecule has 110 valence electrons. The Morgan fingerprint density at radius 3 is 2.75 bits per heavy atom. The number of fused-ring (bicyclic) bond motifs is 2. The molecule has 0 aromatic carbocycles. The van der Waals surface area contributed by atoms with Gasteiger partial charge in [-0.05, 0) is 24.7 Å². The van der Waals surface area contributed by atoms with Gasteiger partial charge in [-0.15, -0.1) is 0 Å². The van der Waals surface area contributed by atoms with E-state index in [1.165, 1.54) is 7.11 Å². The van der Waals surface area contributed by atoms with Crippen molar-refractivity contribution in [2.45, 2.75) is 58.0 Å². The van der Waals surface area contributed by atoms with Crippen LogP contribution in [0.1, 0.15) is 52.4 Å². The van der Waals surface area contributed by atoms with Gasteiger partial charge < -0.3 is 9.47 Å². The molecular formula is C16H22O4. The average Bonchev–Trinajstić information content (AvgIpc) is 2.71. The van der Waals surface area contributed by atoms with Crippen LogP contribution in [0.4, 0.5) is 0 Å². The van der Waals surface area contributed by atoms with Gasteiger partial charge in [0.1, 0.15) is 5.76 Å². The molecule has 0 unspecified atom stereocenters. The van der Waals surface area contributed by atoms with E-state index < -0.39 is 5.60 Å². The molecule has 1 aliphatic heterocycles. The van der Waals surface area contributed by atoms with Gasteiger partial charge in [0.25, 0.3) is 0 Å². The molecule has 0 amide bonds. The quantitative estimate of drug-likeness (QED) is 0.692. The SMILES string of the molecule is COC(=O)[C@]12CCCC[C@H]1C1=C(CC(C)(C)CC1=O)O2. The highest BCUT2D eigenvalue weighted by Gasteiger charge is 2.59. The second-order valence-electron chi connectivity index (χ2n) is 7.06. The average molecular weight is 278 g/mol. The lowest BCUT2D eigenvalue weighted by atomic mass is 9.68. The van der Waals surface area contributed by atoms with Gasteiger partial charge in [-0.2, -0.15) is 0 Å². The Morgan fingerprint density at radius 2 is 2.05 bits per heavy atom. The Morgan fingerprint density at radius 1 is 1.30 bits per heavy atom. The topological polar surface area (TPSA) is 52.6 Å². The van der Waals surface area contributed by atoms with E-state index in [1.54, 1.807) is 0 Å². The molecular weight excluding hydrogens is 256 g/mol. The van der Waals surface area contributed by atoms with Crippen molar-refractivity contribution in [3.63, 3.8) is 0 Å². The maximum atomic E-state index is 12.5. The molecule has 1 fully saturated rings. The summed E-state index contributed by atoms with van der Waals surface area (Å²) < 4.78 is 11.1. The third-order valence-electron chi connectivity index (χ3n) is 4.92. The van der Waals surface area contributed by atoms with E-state index in [4.69, 9.17) is 9.47 Å². The zero-order valence-corrected chi connectivity index (χ0v) is 12.5. The first-order valence-electron chi connectivity index (χ1n) is 7.43. The summed E-state index contributed by atoms with van der Waals surface area (Å²) >= 11 is 0. The van der Waals surface area contributed by atoms with Crippen LogP contribution in [-0.4, -0.2) is 24.5 Å². The van der Waals surface area contributed by atoms with E-state index in [0.717, 1.165) is 37.0 Å². The van der Waals surface area contributed by atoms with Gasteiger partial charge in [-0.25, -0.2) is 4.79 Å². The highest BCUT2D eigenvalue weighted by atomic mass is 16.6. The molecule has 2 aliphatic carbocycles. The van der Waals surface area contributed by atoms with Crippen LogP contribution in [0.2, 0.25) is 0 Å². The summed E-state index contributed by atoms with van der Waals surface area (Å²) in [5, 5.41) is 0. The molecule has 3 rings (SSSR count). The summed E-state index contributed by atoms with van der Waals surface area (Å²) in [5.74, 6) is 0.502. The number of ether oxygens (including phenoxy) is 2. The Kier molecular flexibility index (Phi) is 2.96. The summed E-state index contributed by atoms with van der Waals surface area (Å²) in [5.41, 5.74) is -0.219. The van der Waals surface area contributed by atoms with Crippen LogP contribution >= 0.6 is 0 Å². The predicted octanol–water partition coefficient (Wildman–Crippen LogP) is 2.76. The third kappa shape index (κ3) is 1.80. The van der Waals surface area contributed by atoms with Crippen LogP contribution in [0.5, 0.6) is 0 Å². The molecule has 1 saturated carbocycles. The smallest absolute Gasteiger partial charge is 0.350 e. The van der Waals surface area contributed by atoms with Crippen molar-refractivity contribution >= 4 is 11.8 Å². The van der Waals surface area contributed by atoms with Crippen molar-refractivity contribution in [2.75, 3.05) is 7.11 Å². The minimum absolute atomic E-state index is 0.0826. The summed E-state index contributed by atoms with van der Waals surface area (Å²) in [6, 6.07) is 0.